The molecule has 0 fully saturated rings. The van der Waals surface area contributed by atoms with E-state index in [4.69, 9.17) is 5.11 Å². The van der Waals surface area contributed by atoms with Crippen molar-refractivity contribution >= 4 is 11.3 Å². The Labute approximate surface area is 58.4 Å². The molecule has 0 aliphatic carbocycles. The number of hydrogen-bond acceptors (Lipinski definition) is 4. The van der Waals surface area contributed by atoms with Crippen LogP contribution >= 0.6 is 11.3 Å². The molecular weight excluding hydrogens is 136 g/mol. The molecule has 1 aromatic rings. The van der Waals surface area contributed by atoms with E-state index in [-0.39, 0.29) is 6.61 Å². The minimum absolute atomic E-state index is 0.00463. The Balaban J connectivity index is 0.000000291. The molecule has 0 saturated carbocycles. The van der Waals surface area contributed by atoms with Crippen molar-refractivity contribution in [2.24, 2.45) is 0 Å². The second kappa shape index (κ2) is 5.65. The Bertz CT molecular complexity index is 130. The zero-order chi connectivity index (χ0) is 7.11. The number of hydrogen-bond donors (Lipinski definition) is 1. The number of nitrogens with zero attached hydrogens (tertiary/aromatic N) is 2. The van der Waals surface area contributed by atoms with Gasteiger partial charge in [0.25, 0.3) is 0 Å². The summed E-state index contributed by atoms with van der Waals surface area (Å²) in [4.78, 5) is 0. The van der Waals surface area contributed by atoms with Crippen molar-refractivity contribution in [3.63, 3.8) is 0 Å². The summed E-state index contributed by atoms with van der Waals surface area (Å²) in [5.74, 6) is 0. The van der Waals surface area contributed by atoms with Crippen LogP contribution in [0.1, 0.15) is 18.9 Å². The predicted octanol–water partition coefficient (Wildman–Crippen LogP) is 1.06. The molecule has 4 heteroatoms. The third-order valence-electron chi connectivity index (χ3n) is 0.540. The van der Waals surface area contributed by atoms with Crippen molar-refractivity contribution < 1.29 is 5.11 Å². The van der Waals surface area contributed by atoms with E-state index in [0.29, 0.717) is 5.01 Å². The van der Waals surface area contributed by atoms with E-state index >= 15 is 0 Å². The summed E-state index contributed by atoms with van der Waals surface area (Å²) in [5.41, 5.74) is 1.59. The van der Waals surface area contributed by atoms with Gasteiger partial charge in [-0.25, -0.2) is 0 Å². The number of aliphatic hydroxyl groups excluding tert-OH is 1. The van der Waals surface area contributed by atoms with E-state index in [1.54, 1.807) is 5.51 Å². The normalized spacial score (nSPS) is 7.89. The zero-order valence-corrected chi connectivity index (χ0v) is 6.35. The zero-order valence-electron chi connectivity index (χ0n) is 5.53. The number of rotatable bonds is 1. The average molecular weight is 146 g/mol. The van der Waals surface area contributed by atoms with Crippen LogP contribution < -0.4 is 0 Å². The fraction of sp³-hybridized carbons (Fsp3) is 0.600. The van der Waals surface area contributed by atoms with Gasteiger partial charge in [-0.3, -0.25) is 0 Å². The van der Waals surface area contributed by atoms with Crippen LogP contribution in [0.4, 0.5) is 0 Å². The summed E-state index contributed by atoms with van der Waals surface area (Å²) in [6.45, 7) is 4.00. The lowest BCUT2D eigenvalue weighted by molar-refractivity contribution is 0.280. The maximum atomic E-state index is 8.33. The molecule has 0 saturated heterocycles. The first kappa shape index (κ1) is 8.52. The Hall–Kier alpha value is -0.480. The highest BCUT2D eigenvalue weighted by molar-refractivity contribution is 7.09. The van der Waals surface area contributed by atoms with E-state index in [1.165, 1.54) is 11.3 Å². The molecule has 0 atom stereocenters. The SMILES string of the molecule is CC.OCc1nncs1. The molecule has 1 N–H and O–H groups in total. The molecule has 1 aromatic heterocycles. The largest absolute Gasteiger partial charge is 0.389 e. The maximum Gasteiger partial charge on any atom is 0.142 e. The standard InChI is InChI=1S/C3H4N2OS.C2H6/c6-1-3-5-4-2-7-3;1-2/h2,6H,1H2;1-2H3. The summed E-state index contributed by atoms with van der Waals surface area (Å²) in [6.07, 6.45) is 0. The first-order valence-electron chi connectivity index (χ1n) is 2.79. The van der Waals surface area contributed by atoms with Crippen LogP contribution in [-0.2, 0) is 6.61 Å². The summed E-state index contributed by atoms with van der Waals surface area (Å²) in [5, 5.41) is 16.1. The highest BCUT2D eigenvalue weighted by Crippen LogP contribution is 1.98. The van der Waals surface area contributed by atoms with Gasteiger partial charge in [-0.05, 0) is 0 Å². The Morgan fingerprint density at radius 2 is 2.33 bits per heavy atom. The molecule has 9 heavy (non-hydrogen) atoms. The molecule has 0 aromatic carbocycles. The monoisotopic (exact) mass is 146 g/mol. The van der Waals surface area contributed by atoms with Crippen LogP contribution in [0.25, 0.3) is 0 Å². The van der Waals surface area contributed by atoms with Crippen molar-refractivity contribution in [1.29, 1.82) is 0 Å². The van der Waals surface area contributed by atoms with Gasteiger partial charge >= 0.3 is 0 Å². The van der Waals surface area contributed by atoms with E-state index in [0.717, 1.165) is 0 Å². The Morgan fingerprint density at radius 3 is 2.56 bits per heavy atom. The van der Waals surface area contributed by atoms with Crippen LogP contribution in [-0.4, -0.2) is 15.3 Å². The molecule has 0 radical (unpaired) electrons. The van der Waals surface area contributed by atoms with Crippen LogP contribution in [0.2, 0.25) is 0 Å². The van der Waals surface area contributed by atoms with E-state index < -0.39 is 0 Å². The Kier molecular flexibility index (Phi) is 5.35. The van der Waals surface area contributed by atoms with Crippen molar-refractivity contribution in [2.45, 2.75) is 20.5 Å². The van der Waals surface area contributed by atoms with Crippen LogP contribution in [0.5, 0.6) is 0 Å². The van der Waals surface area contributed by atoms with E-state index in [1.807, 2.05) is 13.8 Å². The average Bonchev–Trinajstić information content (AvgIpc) is 2.43. The second-order valence-corrected chi connectivity index (χ2v) is 1.91. The van der Waals surface area contributed by atoms with Gasteiger partial charge < -0.3 is 5.11 Å². The lowest BCUT2D eigenvalue weighted by Crippen LogP contribution is -1.77. The fourth-order valence-corrected chi connectivity index (χ4v) is 0.650. The Morgan fingerprint density at radius 1 is 1.67 bits per heavy atom. The lowest BCUT2D eigenvalue weighted by atomic mass is 10.8. The van der Waals surface area contributed by atoms with Crippen molar-refractivity contribution in [2.75, 3.05) is 0 Å². The molecule has 0 aliphatic rings. The number of aromatic nitrogens is 2. The number of aliphatic hydroxyl groups is 1. The molecule has 3 nitrogen and oxygen atoms in total. The van der Waals surface area contributed by atoms with Gasteiger partial charge in [0, 0.05) is 0 Å². The summed E-state index contributed by atoms with van der Waals surface area (Å²) in [7, 11) is 0. The smallest absolute Gasteiger partial charge is 0.142 e. The van der Waals surface area contributed by atoms with Crippen LogP contribution in [0, 0.1) is 0 Å². The molecule has 1 heterocycles. The van der Waals surface area contributed by atoms with Gasteiger partial charge in [0.1, 0.15) is 10.5 Å². The predicted molar refractivity (Wildman–Crippen MR) is 37.2 cm³/mol. The van der Waals surface area contributed by atoms with Gasteiger partial charge in [-0.2, -0.15) is 0 Å². The first-order chi connectivity index (χ1) is 4.43. The highest BCUT2D eigenvalue weighted by Gasteiger charge is 1.87. The van der Waals surface area contributed by atoms with Gasteiger partial charge in [-0.1, -0.05) is 13.8 Å². The van der Waals surface area contributed by atoms with Crippen molar-refractivity contribution in [3.8, 4) is 0 Å². The minimum atomic E-state index is 0.00463. The van der Waals surface area contributed by atoms with Crippen molar-refractivity contribution in [1.82, 2.24) is 10.2 Å². The maximum absolute atomic E-state index is 8.33. The second-order valence-electron chi connectivity index (χ2n) is 0.991. The van der Waals surface area contributed by atoms with Gasteiger partial charge in [0.05, 0.1) is 6.61 Å². The lowest BCUT2D eigenvalue weighted by Gasteiger charge is -1.74. The molecule has 0 spiro atoms. The van der Waals surface area contributed by atoms with E-state index in [9.17, 15) is 0 Å². The van der Waals surface area contributed by atoms with Crippen molar-refractivity contribution in [3.05, 3.63) is 10.5 Å². The highest BCUT2D eigenvalue weighted by atomic mass is 32.1. The quantitative estimate of drug-likeness (QED) is 0.644. The molecule has 0 amide bonds. The summed E-state index contributed by atoms with van der Waals surface area (Å²) in [6, 6.07) is 0. The molecular formula is C5H10N2OS. The van der Waals surface area contributed by atoms with E-state index in [2.05, 4.69) is 10.2 Å². The molecule has 52 valence electrons. The van der Waals surface area contributed by atoms with Gasteiger partial charge in [0.2, 0.25) is 0 Å². The fourth-order valence-electron chi connectivity index (χ4n) is 0.265. The third kappa shape index (κ3) is 3.16. The van der Waals surface area contributed by atoms with Crippen LogP contribution in [0.15, 0.2) is 5.51 Å². The minimum Gasteiger partial charge on any atom is -0.389 e. The molecule has 0 unspecified atom stereocenters. The third-order valence-corrected chi connectivity index (χ3v) is 1.22. The van der Waals surface area contributed by atoms with Crippen LogP contribution in [0.3, 0.4) is 0 Å². The van der Waals surface area contributed by atoms with Gasteiger partial charge in [-0.15, -0.1) is 21.5 Å². The topological polar surface area (TPSA) is 46.0 Å². The molecule has 1 rings (SSSR count). The summed E-state index contributed by atoms with van der Waals surface area (Å²) >= 11 is 1.35. The first-order valence-corrected chi connectivity index (χ1v) is 3.67. The molecule has 0 aliphatic heterocycles. The summed E-state index contributed by atoms with van der Waals surface area (Å²) < 4.78 is 0. The molecule has 0 bridgehead atoms. The van der Waals surface area contributed by atoms with Gasteiger partial charge in [0.15, 0.2) is 0 Å².